The Labute approximate surface area is 273 Å². The van der Waals surface area contributed by atoms with Crippen LogP contribution in [0.25, 0.3) is 10.2 Å². The van der Waals surface area contributed by atoms with Crippen LogP contribution in [0.2, 0.25) is 0 Å². The lowest BCUT2D eigenvalue weighted by Gasteiger charge is -2.46. The van der Waals surface area contributed by atoms with Crippen LogP contribution in [0.3, 0.4) is 0 Å². The molecule has 0 spiro atoms. The zero-order valence-electron chi connectivity index (χ0n) is 24.6. The van der Waals surface area contributed by atoms with Gasteiger partial charge in [-0.3, -0.25) is 14.5 Å². The number of para-hydroxylation sites is 2. The zero-order valence-corrected chi connectivity index (χ0v) is 26.2. The van der Waals surface area contributed by atoms with Gasteiger partial charge in [-0.05, 0) is 42.3 Å². The number of aromatic nitrogens is 1. The van der Waals surface area contributed by atoms with Crippen molar-refractivity contribution in [1.82, 2.24) is 15.2 Å². The maximum atomic E-state index is 13.9. The Morgan fingerprint density at radius 2 is 1.50 bits per heavy atom. The fourth-order valence-electron chi connectivity index (χ4n) is 5.01. The molecule has 0 saturated carbocycles. The topological polar surface area (TPSA) is 118 Å². The molecule has 2 N–H and O–H groups in total. The minimum Gasteiger partial charge on any atom is -0.510 e. The Morgan fingerprint density at radius 3 is 2.11 bits per heavy atom. The van der Waals surface area contributed by atoms with Crippen molar-refractivity contribution in [2.24, 2.45) is 0 Å². The standard InChI is InChI=1S/C35H29N3O6S2/c1-22(39)30(34(42)44-31(23-13-5-2-6-14-23)24-15-7-3-8-16-24)38-32(41)29(37-28(40)21-43-25-17-9-4-10-18-25)33(38)46-35-36-26-19-11-12-20-27(26)45-35/h2-20,29,31,33,39H,21H2,1H3,(H,37,40)/b30-22+. The van der Waals surface area contributed by atoms with Crippen LogP contribution in [0, 0.1) is 0 Å². The van der Waals surface area contributed by atoms with Gasteiger partial charge in [0, 0.05) is 0 Å². The molecule has 1 aliphatic heterocycles. The average molecular weight is 652 g/mol. The van der Waals surface area contributed by atoms with Crippen molar-refractivity contribution in [3.8, 4) is 5.75 Å². The van der Waals surface area contributed by atoms with E-state index in [0.29, 0.717) is 10.1 Å². The number of thiazole rings is 1. The number of hydrogen-bond donors (Lipinski definition) is 2. The number of rotatable bonds is 11. The first-order valence-electron chi connectivity index (χ1n) is 14.4. The van der Waals surface area contributed by atoms with Crippen LogP contribution in [0.4, 0.5) is 0 Å². The number of fused-ring (bicyclic) bond motifs is 1. The molecule has 1 aliphatic rings. The summed E-state index contributed by atoms with van der Waals surface area (Å²) in [7, 11) is 0. The molecule has 1 aromatic heterocycles. The van der Waals surface area contributed by atoms with Gasteiger partial charge in [-0.2, -0.15) is 0 Å². The van der Waals surface area contributed by atoms with Crippen molar-refractivity contribution in [3.05, 3.63) is 138 Å². The van der Waals surface area contributed by atoms with E-state index in [1.807, 2.05) is 91.0 Å². The summed E-state index contributed by atoms with van der Waals surface area (Å²) in [5.41, 5.74) is 1.91. The molecule has 0 aliphatic carbocycles. The molecule has 11 heteroatoms. The fraction of sp³-hybridized carbons (Fsp3) is 0.143. The van der Waals surface area contributed by atoms with Crippen LogP contribution in [0.5, 0.6) is 5.75 Å². The van der Waals surface area contributed by atoms with Crippen LogP contribution in [0.15, 0.2) is 131 Å². The van der Waals surface area contributed by atoms with Gasteiger partial charge >= 0.3 is 5.97 Å². The van der Waals surface area contributed by atoms with E-state index >= 15 is 0 Å². The number of thioether (sulfide) groups is 1. The van der Waals surface area contributed by atoms with Crippen molar-refractivity contribution >= 4 is 51.1 Å². The maximum absolute atomic E-state index is 13.9. The molecule has 1 saturated heterocycles. The number of likely N-dealkylation sites (tertiary alicyclic amines) is 1. The molecule has 0 bridgehead atoms. The van der Waals surface area contributed by atoms with Gasteiger partial charge in [-0.1, -0.05) is 103 Å². The molecule has 5 aromatic rings. The first-order chi connectivity index (χ1) is 22.4. The van der Waals surface area contributed by atoms with Gasteiger partial charge in [-0.25, -0.2) is 9.78 Å². The number of aliphatic hydroxyl groups excluding tert-OH is 1. The van der Waals surface area contributed by atoms with Gasteiger partial charge in [0.05, 0.1) is 10.2 Å². The molecular weight excluding hydrogens is 623 g/mol. The molecule has 9 nitrogen and oxygen atoms in total. The van der Waals surface area contributed by atoms with Crippen LogP contribution < -0.4 is 10.1 Å². The predicted molar refractivity (Wildman–Crippen MR) is 176 cm³/mol. The summed E-state index contributed by atoms with van der Waals surface area (Å²) < 4.78 is 13.2. The number of esters is 1. The fourth-order valence-corrected chi connectivity index (χ4v) is 7.46. The summed E-state index contributed by atoms with van der Waals surface area (Å²) in [6.45, 7) is 1.01. The third-order valence-corrected chi connectivity index (χ3v) is 9.56. The van der Waals surface area contributed by atoms with Crippen molar-refractivity contribution in [3.63, 3.8) is 0 Å². The molecule has 2 amide bonds. The number of ether oxygens (including phenoxy) is 2. The monoisotopic (exact) mass is 651 g/mol. The zero-order chi connectivity index (χ0) is 32.0. The highest BCUT2D eigenvalue weighted by atomic mass is 32.2. The van der Waals surface area contributed by atoms with E-state index in [1.54, 1.807) is 24.3 Å². The second-order valence-electron chi connectivity index (χ2n) is 10.4. The van der Waals surface area contributed by atoms with Gasteiger partial charge in [0.2, 0.25) is 0 Å². The van der Waals surface area contributed by atoms with E-state index in [9.17, 15) is 19.5 Å². The Bertz CT molecular complexity index is 1810. The molecule has 6 rings (SSSR count). The smallest absolute Gasteiger partial charge is 0.359 e. The van der Waals surface area contributed by atoms with Crippen LogP contribution in [-0.2, 0) is 19.1 Å². The maximum Gasteiger partial charge on any atom is 0.359 e. The van der Waals surface area contributed by atoms with Crippen LogP contribution >= 0.6 is 23.1 Å². The first kappa shape index (κ1) is 30.9. The van der Waals surface area contributed by atoms with E-state index < -0.39 is 41.1 Å². The molecule has 1 fully saturated rings. The van der Waals surface area contributed by atoms with E-state index in [1.165, 1.54) is 34.9 Å². The molecular formula is C35H29N3O6S2. The Kier molecular flexibility index (Phi) is 9.32. The van der Waals surface area contributed by atoms with Crippen LogP contribution in [-0.4, -0.2) is 50.8 Å². The lowest BCUT2D eigenvalue weighted by molar-refractivity contribution is -0.155. The summed E-state index contributed by atoms with van der Waals surface area (Å²) in [4.78, 5) is 46.4. The van der Waals surface area contributed by atoms with E-state index in [-0.39, 0.29) is 12.3 Å². The second-order valence-corrected chi connectivity index (χ2v) is 12.7. The van der Waals surface area contributed by atoms with Gasteiger partial charge in [0.25, 0.3) is 11.8 Å². The quantitative estimate of drug-likeness (QED) is 0.0746. The lowest BCUT2D eigenvalue weighted by Crippen LogP contribution is -2.69. The Balaban J connectivity index is 1.27. The average Bonchev–Trinajstić information content (AvgIpc) is 3.51. The SMILES string of the molecule is C/C(O)=C(/C(=O)OC(c1ccccc1)c1ccccc1)N1C(=O)C(NC(=O)COc2ccccc2)C1Sc1nc2ccccc2s1. The molecule has 46 heavy (non-hydrogen) atoms. The number of amides is 2. The summed E-state index contributed by atoms with van der Waals surface area (Å²) >= 11 is 2.63. The van der Waals surface area contributed by atoms with Crippen molar-refractivity contribution in [1.29, 1.82) is 0 Å². The second kappa shape index (κ2) is 13.9. The minimum atomic E-state index is -1.02. The van der Waals surface area contributed by atoms with Crippen molar-refractivity contribution < 1.29 is 29.0 Å². The molecule has 4 aromatic carbocycles. The van der Waals surface area contributed by atoms with Gasteiger partial charge in [0.1, 0.15) is 22.9 Å². The number of nitrogens with zero attached hydrogens (tertiary/aromatic N) is 2. The summed E-state index contributed by atoms with van der Waals surface area (Å²) in [6, 6.07) is 33.9. The lowest BCUT2D eigenvalue weighted by atomic mass is 10.0. The largest absolute Gasteiger partial charge is 0.510 e. The Hall–Kier alpha value is -5.13. The van der Waals surface area contributed by atoms with Crippen molar-refractivity contribution in [2.45, 2.75) is 28.8 Å². The number of hydrogen-bond acceptors (Lipinski definition) is 9. The number of carbonyl (C=O) groups is 3. The summed E-state index contributed by atoms with van der Waals surface area (Å²) in [6.07, 6.45) is -0.804. The van der Waals surface area contributed by atoms with Gasteiger partial charge in [0.15, 0.2) is 22.7 Å². The number of β-lactam (4-membered cyclic amide) rings is 1. The normalized spacial score (nSPS) is 16.5. The molecule has 2 unspecified atom stereocenters. The number of benzene rings is 4. The molecule has 2 heterocycles. The van der Waals surface area contributed by atoms with E-state index in [2.05, 4.69) is 10.3 Å². The number of aliphatic hydroxyl groups is 1. The van der Waals surface area contributed by atoms with Crippen LogP contribution in [0.1, 0.15) is 24.2 Å². The molecule has 0 radical (unpaired) electrons. The third kappa shape index (κ3) is 6.75. The highest BCUT2D eigenvalue weighted by molar-refractivity contribution is 8.01. The Morgan fingerprint density at radius 1 is 0.913 bits per heavy atom. The number of carbonyl (C=O) groups excluding carboxylic acids is 3. The van der Waals surface area contributed by atoms with E-state index in [4.69, 9.17) is 9.47 Å². The summed E-state index contributed by atoms with van der Waals surface area (Å²) in [5, 5.41) is 12.7. The minimum absolute atomic E-state index is 0.313. The van der Waals surface area contributed by atoms with Crippen molar-refractivity contribution in [2.75, 3.05) is 6.61 Å². The third-order valence-electron chi connectivity index (χ3n) is 7.18. The molecule has 232 valence electrons. The first-order valence-corrected chi connectivity index (χ1v) is 16.1. The molecule has 2 atom stereocenters. The number of allylic oxidation sites excluding steroid dienone is 1. The highest BCUT2D eigenvalue weighted by Gasteiger charge is 2.53. The van der Waals surface area contributed by atoms with E-state index in [0.717, 1.165) is 21.3 Å². The van der Waals surface area contributed by atoms with Gasteiger partial charge < -0.3 is 19.9 Å². The highest BCUT2D eigenvalue weighted by Crippen LogP contribution is 2.42. The summed E-state index contributed by atoms with van der Waals surface area (Å²) in [5.74, 6) is -1.87. The van der Waals surface area contributed by atoms with Gasteiger partial charge in [-0.15, -0.1) is 11.3 Å². The predicted octanol–water partition coefficient (Wildman–Crippen LogP) is 6.24. The number of nitrogens with one attached hydrogen (secondary N) is 1.